The molecule has 4 nitrogen and oxygen atoms in total. The van der Waals surface area contributed by atoms with Crippen molar-refractivity contribution < 1.29 is 9.00 Å². The lowest BCUT2D eigenvalue weighted by molar-refractivity contribution is 0.0916. The highest BCUT2D eigenvalue weighted by Crippen LogP contribution is 2.16. The first-order valence-electron chi connectivity index (χ1n) is 6.61. The van der Waals surface area contributed by atoms with E-state index in [4.69, 9.17) is 0 Å². The van der Waals surface area contributed by atoms with Gasteiger partial charge in [0.15, 0.2) is 0 Å². The van der Waals surface area contributed by atoms with Gasteiger partial charge in [-0.1, -0.05) is 12.1 Å². The topological polar surface area (TPSA) is 58.2 Å². The monoisotopic (exact) mass is 296 g/mol. The average Bonchev–Trinajstić information content (AvgIpc) is 2.24. The van der Waals surface area contributed by atoms with Gasteiger partial charge in [0.25, 0.3) is 5.91 Å². The molecular formula is C15H24N2O2S. The smallest absolute Gasteiger partial charge is 0.252 e. The lowest BCUT2D eigenvalue weighted by Gasteiger charge is -2.23. The second kappa shape index (κ2) is 6.06. The van der Waals surface area contributed by atoms with E-state index in [0.29, 0.717) is 10.5 Å². The van der Waals surface area contributed by atoms with Crippen molar-refractivity contribution in [3.05, 3.63) is 29.8 Å². The Labute approximate surface area is 123 Å². The summed E-state index contributed by atoms with van der Waals surface area (Å²) < 4.78 is 15.4. The van der Waals surface area contributed by atoms with Crippen molar-refractivity contribution in [1.82, 2.24) is 10.0 Å². The van der Waals surface area contributed by atoms with Gasteiger partial charge in [-0.05, 0) is 53.7 Å². The van der Waals surface area contributed by atoms with Gasteiger partial charge < -0.3 is 5.32 Å². The van der Waals surface area contributed by atoms with Gasteiger partial charge >= 0.3 is 0 Å². The molecule has 5 heteroatoms. The van der Waals surface area contributed by atoms with Gasteiger partial charge in [-0.3, -0.25) is 4.79 Å². The quantitative estimate of drug-likeness (QED) is 0.901. The summed E-state index contributed by atoms with van der Waals surface area (Å²) in [4.78, 5) is 12.8. The highest BCUT2D eigenvalue weighted by Gasteiger charge is 2.22. The Morgan fingerprint density at radius 2 is 1.55 bits per heavy atom. The first-order chi connectivity index (χ1) is 8.99. The summed E-state index contributed by atoms with van der Waals surface area (Å²) in [6, 6.07) is 6.96. The zero-order chi connectivity index (χ0) is 15.6. The van der Waals surface area contributed by atoms with Gasteiger partial charge in [0.2, 0.25) is 0 Å². The van der Waals surface area contributed by atoms with E-state index in [2.05, 4.69) is 10.0 Å². The van der Waals surface area contributed by atoms with Gasteiger partial charge in [-0.25, -0.2) is 8.93 Å². The Morgan fingerprint density at radius 1 is 1.00 bits per heavy atom. The number of nitrogens with one attached hydrogen (secondary N) is 2. The van der Waals surface area contributed by atoms with Gasteiger partial charge in [-0.15, -0.1) is 0 Å². The summed E-state index contributed by atoms with van der Waals surface area (Å²) in [6.45, 7) is 11.5. The van der Waals surface area contributed by atoms with Crippen molar-refractivity contribution in [2.45, 2.75) is 57.5 Å². The van der Waals surface area contributed by atoms with Crippen LogP contribution in [0.15, 0.2) is 29.2 Å². The van der Waals surface area contributed by atoms with Crippen molar-refractivity contribution in [3.8, 4) is 0 Å². The normalized spacial score (nSPS) is 13.9. The predicted octanol–water partition coefficient (Wildman–Crippen LogP) is 2.63. The molecule has 0 spiro atoms. The number of amides is 1. The molecule has 0 bridgehead atoms. The molecule has 0 heterocycles. The molecule has 0 aromatic heterocycles. The molecule has 0 fully saturated rings. The van der Waals surface area contributed by atoms with Crippen molar-refractivity contribution in [2.24, 2.45) is 0 Å². The highest BCUT2D eigenvalue weighted by atomic mass is 32.2. The number of hydrogen-bond donors (Lipinski definition) is 2. The maximum atomic E-state index is 12.4. The summed E-state index contributed by atoms with van der Waals surface area (Å²) >= 11 is 0. The van der Waals surface area contributed by atoms with E-state index in [0.717, 1.165) is 0 Å². The van der Waals surface area contributed by atoms with Crippen LogP contribution in [0, 0.1) is 0 Å². The van der Waals surface area contributed by atoms with E-state index in [1.165, 1.54) is 0 Å². The summed E-state index contributed by atoms with van der Waals surface area (Å²) in [6.07, 6.45) is 0. The number of carbonyl (C=O) groups excluding carboxylic acids is 1. The predicted molar refractivity (Wildman–Crippen MR) is 83.0 cm³/mol. The average molecular weight is 296 g/mol. The largest absolute Gasteiger partial charge is 0.347 e. The van der Waals surface area contributed by atoms with E-state index in [-0.39, 0.29) is 17.0 Å². The molecule has 1 amide bonds. The number of carbonyl (C=O) groups is 1. The summed E-state index contributed by atoms with van der Waals surface area (Å²) in [5.74, 6) is -0.211. The SMILES string of the molecule is CC(C)(C)NC(=O)c1ccccc1S(=O)NC(C)(C)C. The summed E-state index contributed by atoms with van der Waals surface area (Å²) in [5.41, 5.74) is -0.181. The third-order valence-electron chi connectivity index (χ3n) is 2.22. The van der Waals surface area contributed by atoms with Crippen LogP contribution in [0.4, 0.5) is 0 Å². The van der Waals surface area contributed by atoms with Crippen molar-refractivity contribution in [3.63, 3.8) is 0 Å². The van der Waals surface area contributed by atoms with Crippen LogP contribution < -0.4 is 10.0 Å². The first-order valence-corrected chi connectivity index (χ1v) is 7.76. The van der Waals surface area contributed by atoms with Crippen LogP contribution in [0.2, 0.25) is 0 Å². The van der Waals surface area contributed by atoms with Gasteiger partial charge in [-0.2, -0.15) is 0 Å². The Kier molecular flexibility index (Phi) is 5.10. The first kappa shape index (κ1) is 16.9. The van der Waals surface area contributed by atoms with Crippen LogP contribution in [-0.4, -0.2) is 21.2 Å². The number of rotatable bonds is 3. The molecule has 1 rings (SSSR count). The fourth-order valence-corrected chi connectivity index (χ4v) is 2.79. The molecule has 0 aliphatic carbocycles. The van der Waals surface area contributed by atoms with Crippen LogP contribution >= 0.6 is 0 Å². The second-order valence-electron chi connectivity index (χ2n) is 6.82. The number of hydrogen-bond acceptors (Lipinski definition) is 2. The Morgan fingerprint density at radius 3 is 2.05 bits per heavy atom. The van der Waals surface area contributed by atoms with Gasteiger partial charge in [0, 0.05) is 11.1 Å². The third kappa shape index (κ3) is 5.43. The Hall–Kier alpha value is -1.20. The molecule has 0 aliphatic rings. The van der Waals surface area contributed by atoms with Gasteiger partial charge in [0.1, 0.15) is 11.0 Å². The van der Waals surface area contributed by atoms with Crippen LogP contribution in [0.25, 0.3) is 0 Å². The molecule has 2 N–H and O–H groups in total. The van der Waals surface area contributed by atoms with Crippen LogP contribution in [-0.2, 0) is 11.0 Å². The van der Waals surface area contributed by atoms with Crippen LogP contribution in [0.5, 0.6) is 0 Å². The van der Waals surface area contributed by atoms with Crippen LogP contribution in [0.3, 0.4) is 0 Å². The molecule has 0 saturated carbocycles. The molecule has 1 unspecified atom stereocenters. The molecule has 20 heavy (non-hydrogen) atoms. The fraction of sp³-hybridized carbons (Fsp3) is 0.533. The van der Waals surface area contributed by atoms with E-state index >= 15 is 0 Å². The van der Waals surface area contributed by atoms with E-state index in [9.17, 15) is 9.00 Å². The third-order valence-corrected chi connectivity index (χ3v) is 3.77. The van der Waals surface area contributed by atoms with Gasteiger partial charge in [0.05, 0.1) is 10.5 Å². The fourth-order valence-electron chi connectivity index (χ4n) is 1.56. The molecule has 0 aliphatic heterocycles. The van der Waals surface area contributed by atoms with E-state index in [1.807, 2.05) is 41.5 Å². The van der Waals surface area contributed by atoms with Crippen molar-refractivity contribution in [2.75, 3.05) is 0 Å². The van der Waals surface area contributed by atoms with Crippen molar-refractivity contribution >= 4 is 16.9 Å². The standard InChI is InChI=1S/C15H24N2O2S/c1-14(2,3)16-13(18)11-9-7-8-10-12(11)20(19)17-15(4,5)6/h7-10,17H,1-6H3,(H,16,18). The molecule has 1 aromatic carbocycles. The molecule has 0 saturated heterocycles. The zero-order valence-corrected chi connectivity index (χ0v) is 13.9. The molecule has 0 radical (unpaired) electrons. The molecular weight excluding hydrogens is 272 g/mol. The van der Waals surface area contributed by atoms with E-state index in [1.54, 1.807) is 24.3 Å². The minimum absolute atomic E-state index is 0.211. The lowest BCUT2D eigenvalue weighted by atomic mass is 10.1. The van der Waals surface area contributed by atoms with E-state index < -0.39 is 11.0 Å². The summed E-state index contributed by atoms with van der Waals surface area (Å²) in [7, 11) is -1.42. The lowest BCUT2D eigenvalue weighted by Crippen LogP contribution is -2.42. The minimum Gasteiger partial charge on any atom is -0.347 e. The summed E-state index contributed by atoms with van der Waals surface area (Å²) in [5, 5.41) is 2.89. The van der Waals surface area contributed by atoms with Crippen LogP contribution in [0.1, 0.15) is 51.9 Å². The second-order valence-corrected chi connectivity index (χ2v) is 8.00. The van der Waals surface area contributed by atoms with Crippen molar-refractivity contribution in [1.29, 1.82) is 0 Å². The molecule has 1 aromatic rings. The Bertz CT molecular complexity index is 466. The minimum atomic E-state index is -1.42. The molecule has 112 valence electrons. The molecule has 1 atom stereocenters. The maximum Gasteiger partial charge on any atom is 0.252 e. The maximum absolute atomic E-state index is 12.4. The number of benzene rings is 1. The Balaban J connectivity index is 3.05. The zero-order valence-electron chi connectivity index (χ0n) is 13.0. The highest BCUT2D eigenvalue weighted by molar-refractivity contribution is 7.83.